The zero-order valence-electron chi connectivity index (χ0n) is 9.02. The van der Waals surface area contributed by atoms with Gasteiger partial charge in [0.1, 0.15) is 13.2 Å². The molecular formula is C10H16O5. The number of ether oxygens (including phenoxy) is 3. The molecule has 0 aromatic carbocycles. The Morgan fingerprint density at radius 2 is 1.47 bits per heavy atom. The van der Waals surface area contributed by atoms with Gasteiger partial charge in [0.2, 0.25) is 0 Å². The largest absolute Gasteiger partial charge is 0.463 e. The zero-order valence-corrected chi connectivity index (χ0v) is 9.02. The molecule has 2 atom stereocenters. The molecule has 0 N–H and O–H groups in total. The number of hydrogen-bond acceptors (Lipinski definition) is 5. The third-order valence-corrected chi connectivity index (χ3v) is 2.14. The maximum atomic E-state index is 10.5. The SMILES string of the molecule is CC(=O)OCC1CCC(COC(C)=O)O1. The Balaban J connectivity index is 2.15. The summed E-state index contributed by atoms with van der Waals surface area (Å²) >= 11 is 0. The Morgan fingerprint density at radius 1 is 1.07 bits per heavy atom. The van der Waals surface area contributed by atoms with Gasteiger partial charge >= 0.3 is 11.9 Å². The van der Waals surface area contributed by atoms with Gasteiger partial charge in [-0.05, 0) is 12.8 Å². The van der Waals surface area contributed by atoms with Crippen molar-refractivity contribution in [2.24, 2.45) is 0 Å². The molecule has 5 nitrogen and oxygen atoms in total. The van der Waals surface area contributed by atoms with Gasteiger partial charge < -0.3 is 14.2 Å². The Hall–Kier alpha value is -1.10. The lowest BCUT2D eigenvalue weighted by atomic mass is 10.2. The molecule has 1 rings (SSSR count). The van der Waals surface area contributed by atoms with E-state index in [9.17, 15) is 9.59 Å². The van der Waals surface area contributed by atoms with E-state index in [0.717, 1.165) is 12.8 Å². The van der Waals surface area contributed by atoms with Crippen LogP contribution in [0.3, 0.4) is 0 Å². The van der Waals surface area contributed by atoms with Crippen LogP contribution in [-0.4, -0.2) is 37.4 Å². The highest BCUT2D eigenvalue weighted by Crippen LogP contribution is 2.20. The van der Waals surface area contributed by atoms with Crippen molar-refractivity contribution in [1.29, 1.82) is 0 Å². The van der Waals surface area contributed by atoms with E-state index >= 15 is 0 Å². The first kappa shape index (κ1) is 12.0. The van der Waals surface area contributed by atoms with Crippen LogP contribution in [0, 0.1) is 0 Å². The molecule has 2 unspecified atom stereocenters. The maximum Gasteiger partial charge on any atom is 0.302 e. The quantitative estimate of drug-likeness (QED) is 0.646. The molecule has 1 aliphatic heterocycles. The van der Waals surface area contributed by atoms with Crippen molar-refractivity contribution in [3.63, 3.8) is 0 Å². The fraction of sp³-hybridized carbons (Fsp3) is 0.800. The molecule has 1 fully saturated rings. The Kier molecular flexibility index (Phi) is 4.55. The fourth-order valence-electron chi connectivity index (χ4n) is 1.45. The van der Waals surface area contributed by atoms with Crippen molar-refractivity contribution in [2.45, 2.75) is 38.9 Å². The minimum atomic E-state index is -0.304. The Labute approximate surface area is 88.7 Å². The zero-order chi connectivity index (χ0) is 11.3. The molecular weight excluding hydrogens is 200 g/mol. The summed E-state index contributed by atoms with van der Waals surface area (Å²) < 4.78 is 15.2. The van der Waals surface area contributed by atoms with E-state index in [1.807, 2.05) is 0 Å². The summed E-state index contributed by atoms with van der Waals surface area (Å²) in [4.78, 5) is 21.1. The van der Waals surface area contributed by atoms with Crippen LogP contribution in [0.2, 0.25) is 0 Å². The number of carbonyl (C=O) groups excluding carboxylic acids is 2. The molecule has 15 heavy (non-hydrogen) atoms. The van der Waals surface area contributed by atoms with E-state index in [2.05, 4.69) is 0 Å². The summed E-state index contributed by atoms with van der Waals surface area (Å²) in [5, 5.41) is 0. The molecule has 1 aliphatic rings. The Bertz CT molecular complexity index is 214. The van der Waals surface area contributed by atoms with Crippen LogP contribution >= 0.6 is 0 Å². The van der Waals surface area contributed by atoms with Gasteiger partial charge in [0.05, 0.1) is 12.2 Å². The average Bonchev–Trinajstić information content (AvgIpc) is 2.59. The topological polar surface area (TPSA) is 61.8 Å². The third kappa shape index (κ3) is 4.78. The monoisotopic (exact) mass is 216 g/mol. The maximum absolute atomic E-state index is 10.5. The van der Waals surface area contributed by atoms with Crippen molar-refractivity contribution >= 4 is 11.9 Å². The second-order valence-electron chi connectivity index (χ2n) is 3.56. The van der Waals surface area contributed by atoms with Crippen molar-refractivity contribution in [2.75, 3.05) is 13.2 Å². The molecule has 0 bridgehead atoms. The van der Waals surface area contributed by atoms with Crippen LogP contribution in [0.1, 0.15) is 26.7 Å². The average molecular weight is 216 g/mol. The highest BCUT2D eigenvalue weighted by atomic mass is 16.6. The lowest BCUT2D eigenvalue weighted by Crippen LogP contribution is -2.22. The lowest BCUT2D eigenvalue weighted by Gasteiger charge is -2.13. The summed E-state index contributed by atoms with van der Waals surface area (Å²) in [7, 11) is 0. The lowest BCUT2D eigenvalue weighted by molar-refractivity contribution is -0.148. The molecule has 0 aromatic rings. The highest BCUT2D eigenvalue weighted by Gasteiger charge is 2.26. The van der Waals surface area contributed by atoms with Gasteiger partial charge in [-0.1, -0.05) is 0 Å². The molecule has 0 aromatic heterocycles. The standard InChI is InChI=1S/C10H16O5/c1-7(11)13-5-9-3-4-10(15-9)6-14-8(2)12/h9-10H,3-6H2,1-2H3. The van der Waals surface area contributed by atoms with Gasteiger partial charge in [-0.25, -0.2) is 0 Å². The summed E-state index contributed by atoms with van der Waals surface area (Å²) in [6, 6.07) is 0. The fourth-order valence-corrected chi connectivity index (χ4v) is 1.45. The first-order valence-electron chi connectivity index (χ1n) is 5.00. The van der Waals surface area contributed by atoms with Crippen LogP contribution in [0.4, 0.5) is 0 Å². The second kappa shape index (κ2) is 5.70. The van der Waals surface area contributed by atoms with Crippen LogP contribution in [0.5, 0.6) is 0 Å². The van der Waals surface area contributed by atoms with Crippen LogP contribution in [0.15, 0.2) is 0 Å². The first-order chi connectivity index (χ1) is 7.08. The van der Waals surface area contributed by atoms with Gasteiger partial charge in [0.25, 0.3) is 0 Å². The normalized spacial score (nSPS) is 24.9. The summed E-state index contributed by atoms with van der Waals surface area (Å²) in [6.07, 6.45) is 1.54. The predicted octanol–water partition coefficient (Wildman–Crippen LogP) is 0.660. The van der Waals surface area contributed by atoms with Gasteiger partial charge in [0.15, 0.2) is 0 Å². The van der Waals surface area contributed by atoms with E-state index < -0.39 is 0 Å². The van der Waals surface area contributed by atoms with E-state index in [-0.39, 0.29) is 37.4 Å². The van der Waals surface area contributed by atoms with Crippen molar-refractivity contribution in [1.82, 2.24) is 0 Å². The molecule has 0 aliphatic carbocycles. The van der Waals surface area contributed by atoms with Gasteiger partial charge in [0, 0.05) is 13.8 Å². The molecule has 1 saturated heterocycles. The smallest absolute Gasteiger partial charge is 0.302 e. The van der Waals surface area contributed by atoms with Crippen LogP contribution in [-0.2, 0) is 23.8 Å². The number of rotatable bonds is 4. The molecule has 5 heteroatoms. The van der Waals surface area contributed by atoms with Crippen molar-refractivity contribution < 1.29 is 23.8 Å². The van der Waals surface area contributed by atoms with E-state index in [0.29, 0.717) is 0 Å². The first-order valence-corrected chi connectivity index (χ1v) is 5.00. The molecule has 0 amide bonds. The minimum Gasteiger partial charge on any atom is -0.463 e. The van der Waals surface area contributed by atoms with Crippen LogP contribution in [0.25, 0.3) is 0 Å². The van der Waals surface area contributed by atoms with E-state index in [1.165, 1.54) is 13.8 Å². The molecule has 1 heterocycles. The third-order valence-electron chi connectivity index (χ3n) is 2.14. The van der Waals surface area contributed by atoms with Gasteiger partial charge in [-0.2, -0.15) is 0 Å². The molecule has 86 valence electrons. The number of carbonyl (C=O) groups is 2. The molecule has 0 radical (unpaired) electrons. The number of hydrogen-bond donors (Lipinski definition) is 0. The molecule has 0 spiro atoms. The second-order valence-corrected chi connectivity index (χ2v) is 3.56. The summed E-state index contributed by atoms with van der Waals surface area (Å²) in [6.45, 7) is 3.30. The summed E-state index contributed by atoms with van der Waals surface area (Å²) in [5.41, 5.74) is 0. The van der Waals surface area contributed by atoms with E-state index in [1.54, 1.807) is 0 Å². The van der Waals surface area contributed by atoms with E-state index in [4.69, 9.17) is 14.2 Å². The Morgan fingerprint density at radius 3 is 1.80 bits per heavy atom. The van der Waals surface area contributed by atoms with Crippen molar-refractivity contribution in [3.8, 4) is 0 Å². The van der Waals surface area contributed by atoms with Crippen molar-refractivity contribution in [3.05, 3.63) is 0 Å². The predicted molar refractivity (Wildman–Crippen MR) is 51.2 cm³/mol. The minimum absolute atomic E-state index is 0.0607. The molecule has 0 saturated carbocycles. The van der Waals surface area contributed by atoms with Gasteiger partial charge in [-0.3, -0.25) is 9.59 Å². The number of esters is 2. The van der Waals surface area contributed by atoms with Gasteiger partial charge in [-0.15, -0.1) is 0 Å². The van der Waals surface area contributed by atoms with Crippen LogP contribution < -0.4 is 0 Å². The summed E-state index contributed by atoms with van der Waals surface area (Å²) in [5.74, 6) is -0.607. The highest BCUT2D eigenvalue weighted by molar-refractivity contribution is 5.66.